The minimum absolute atomic E-state index is 0.789. The topological polar surface area (TPSA) is 26.0 Å². The van der Waals surface area contributed by atoms with E-state index in [0.29, 0.717) is 0 Å². The summed E-state index contributed by atoms with van der Waals surface area (Å²) in [7, 11) is 0. The summed E-state index contributed by atoms with van der Waals surface area (Å²) >= 11 is 0. The van der Waals surface area contributed by atoms with Crippen molar-refractivity contribution < 1.29 is 4.52 Å². The summed E-state index contributed by atoms with van der Waals surface area (Å²) in [6.07, 6.45) is 3.42. The third-order valence-electron chi connectivity index (χ3n) is 1.66. The van der Waals surface area contributed by atoms with E-state index in [9.17, 15) is 0 Å². The number of aromatic nitrogens is 1. The first-order valence-electron chi connectivity index (χ1n) is 3.81. The van der Waals surface area contributed by atoms with E-state index < -0.39 is 0 Å². The summed E-state index contributed by atoms with van der Waals surface area (Å²) in [5.74, 6) is 0.848. The van der Waals surface area contributed by atoms with Gasteiger partial charge in [-0.05, 0) is 5.56 Å². The third-order valence-corrected chi connectivity index (χ3v) is 1.66. The van der Waals surface area contributed by atoms with Gasteiger partial charge in [0.1, 0.15) is 12.0 Å². The number of hydrogen-bond donors (Lipinski definition) is 0. The Bertz CT molecular complexity index is 326. The van der Waals surface area contributed by atoms with Crippen molar-refractivity contribution in [3.8, 4) is 0 Å². The number of nitrogens with zero attached hydrogens (tertiary/aromatic N) is 1. The first-order chi connectivity index (χ1) is 5.95. The molecule has 0 saturated heterocycles. The van der Waals surface area contributed by atoms with Crippen molar-refractivity contribution in [2.45, 2.75) is 6.42 Å². The first-order valence-corrected chi connectivity index (χ1v) is 3.81. The Labute approximate surface area is 70.8 Å². The molecule has 1 radical (unpaired) electrons. The summed E-state index contributed by atoms with van der Waals surface area (Å²) < 4.78 is 4.93. The second-order valence-electron chi connectivity index (χ2n) is 2.58. The van der Waals surface area contributed by atoms with Crippen molar-refractivity contribution in [2.24, 2.45) is 0 Å². The standard InChI is InChI=1S/C10H8NO/c1-2-4-9(5-3-1)8-10-6-7-11-12-10/h1-6H,8H2. The monoisotopic (exact) mass is 158 g/mol. The quantitative estimate of drug-likeness (QED) is 0.668. The Morgan fingerprint density at radius 3 is 2.75 bits per heavy atom. The van der Waals surface area contributed by atoms with Crippen LogP contribution in [-0.4, -0.2) is 5.16 Å². The van der Waals surface area contributed by atoms with E-state index in [2.05, 4.69) is 23.5 Å². The van der Waals surface area contributed by atoms with Crippen molar-refractivity contribution in [3.63, 3.8) is 0 Å². The highest BCUT2D eigenvalue weighted by atomic mass is 16.5. The molecular formula is C10H8NO. The van der Waals surface area contributed by atoms with Crippen LogP contribution in [0.15, 0.2) is 40.9 Å². The molecule has 59 valence electrons. The lowest BCUT2D eigenvalue weighted by molar-refractivity contribution is 0.388. The van der Waals surface area contributed by atoms with Gasteiger partial charge in [-0.25, -0.2) is 0 Å². The highest BCUT2D eigenvalue weighted by Crippen LogP contribution is 2.06. The summed E-state index contributed by atoms with van der Waals surface area (Å²) in [5, 5.41) is 3.52. The summed E-state index contributed by atoms with van der Waals surface area (Å²) in [4.78, 5) is 0. The fraction of sp³-hybridized carbons (Fsp3) is 0.100. The van der Waals surface area contributed by atoms with Crippen molar-refractivity contribution >= 4 is 0 Å². The van der Waals surface area contributed by atoms with Crippen molar-refractivity contribution in [2.75, 3.05) is 0 Å². The maximum absolute atomic E-state index is 4.93. The van der Waals surface area contributed by atoms with Crippen LogP contribution in [0.1, 0.15) is 11.3 Å². The smallest absolute Gasteiger partial charge is 0.141 e. The van der Waals surface area contributed by atoms with Gasteiger partial charge in [0.25, 0.3) is 0 Å². The van der Waals surface area contributed by atoms with E-state index in [-0.39, 0.29) is 0 Å². The highest BCUT2D eigenvalue weighted by molar-refractivity contribution is 5.19. The van der Waals surface area contributed by atoms with Gasteiger partial charge in [0.15, 0.2) is 0 Å². The van der Waals surface area contributed by atoms with Crippen LogP contribution in [0.2, 0.25) is 0 Å². The second-order valence-corrected chi connectivity index (χ2v) is 2.58. The molecule has 1 aromatic heterocycles. The summed E-state index contributed by atoms with van der Waals surface area (Å²) in [6.45, 7) is 0. The molecule has 0 spiro atoms. The minimum Gasteiger partial charge on any atom is -0.360 e. The van der Waals surface area contributed by atoms with Crippen LogP contribution < -0.4 is 0 Å². The zero-order chi connectivity index (χ0) is 8.23. The molecule has 0 N–H and O–H groups in total. The molecule has 0 aliphatic carbocycles. The lowest BCUT2D eigenvalue weighted by Gasteiger charge is -1.94. The van der Waals surface area contributed by atoms with E-state index in [4.69, 9.17) is 4.52 Å². The Morgan fingerprint density at radius 1 is 1.25 bits per heavy atom. The molecule has 0 bridgehead atoms. The maximum Gasteiger partial charge on any atom is 0.141 e. The van der Waals surface area contributed by atoms with Crippen LogP contribution in [0, 0.1) is 6.20 Å². The van der Waals surface area contributed by atoms with Crippen LogP contribution in [0.25, 0.3) is 0 Å². The van der Waals surface area contributed by atoms with Gasteiger partial charge in [-0.1, -0.05) is 35.5 Å². The van der Waals surface area contributed by atoms with Gasteiger partial charge >= 0.3 is 0 Å². The van der Waals surface area contributed by atoms with E-state index in [1.807, 2.05) is 18.2 Å². The number of benzene rings is 1. The molecular weight excluding hydrogens is 150 g/mol. The minimum atomic E-state index is 0.789. The molecule has 0 aliphatic rings. The molecule has 0 fully saturated rings. The molecule has 0 amide bonds. The van der Waals surface area contributed by atoms with Crippen LogP contribution in [0.3, 0.4) is 0 Å². The van der Waals surface area contributed by atoms with Gasteiger partial charge in [-0.15, -0.1) is 0 Å². The normalized spacial score (nSPS) is 10.0. The fourth-order valence-electron chi connectivity index (χ4n) is 1.09. The molecule has 12 heavy (non-hydrogen) atoms. The number of hydrogen-bond acceptors (Lipinski definition) is 2. The van der Waals surface area contributed by atoms with Crippen LogP contribution in [0.4, 0.5) is 0 Å². The van der Waals surface area contributed by atoms with Gasteiger partial charge in [0.2, 0.25) is 0 Å². The van der Waals surface area contributed by atoms with E-state index in [1.165, 1.54) is 5.56 Å². The Kier molecular flexibility index (Phi) is 1.90. The lowest BCUT2D eigenvalue weighted by Crippen LogP contribution is -1.83. The Morgan fingerprint density at radius 2 is 2.08 bits per heavy atom. The average molecular weight is 158 g/mol. The van der Waals surface area contributed by atoms with Crippen LogP contribution in [0.5, 0.6) is 0 Å². The highest BCUT2D eigenvalue weighted by Gasteiger charge is 1.97. The van der Waals surface area contributed by atoms with Gasteiger partial charge in [0, 0.05) is 12.5 Å². The Hall–Kier alpha value is -1.57. The third kappa shape index (κ3) is 1.53. The van der Waals surface area contributed by atoms with Gasteiger partial charge in [-0.3, -0.25) is 0 Å². The zero-order valence-corrected chi connectivity index (χ0v) is 6.53. The molecule has 0 unspecified atom stereocenters. The molecule has 0 saturated carbocycles. The van der Waals surface area contributed by atoms with Gasteiger partial charge < -0.3 is 4.52 Å². The molecule has 1 aromatic carbocycles. The first kappa shape index (κ1) is 7.10. The molecule has 0 atom stereocenters. The predicted molar refractivity (Wildman–Crippen MR) is 44.6 cm³/mol. The van der Waals surface area contributed by atoms with Gasteiger partial charge in [-0.2, -0.15) is 0 Å². The van der Waals surface area contributed by atoms with Crippen molar-refractivity contribution in [3.05, 3.63) is 53.9 Å². The van der Waals surface area contributed by atoms with Crippen LogP contribution >= 0.6 is 0 Å². The van der Waals surface area contributed by atoms with E-state index in [0.717, 1.165) is 12.2 Å². The molecule has 1 heterocycles. The molecule has 2 nitrogen and oxygen atoms in total. The van der Waals surface area contributed by atoms with Crippen molar-refractivity contribution in [1.82, 2.24) is 5.16 Å². The lowest BCUT2D eigenvalue weighted by atomic mass is 10.1. The summed E-state index contributed by atoms with van der Waals surface area (Å²) in [6, 6.07) is 11.9. The van der Waals surface area contributed by atoms with Crippen LogP contribution in [-0.2, 0) is 6.42 Å². The predicted octanol–water partition coefficient (Wildman–Crippen LogP) is 2.07. The van der Waals surface area contributed by atoms with Crippen molar-refractivity contribution in [1.29, 1.82) is 0 Å². The molecule has 2 aromatic rings. The van der Waals surface area contributed by atoms with Gasteiger partial charge in [0.05, 0.1) is 0 Å². The van der Waals surface area contributed by atoms with E-state index >= 15 is 0 Å². The fourth-order valence-corrected chi connectivity index (χ4v) is 1.09. The maximum atomic E-state index is 4.93. The summed E-state index contributed by atoms with van der Waals surface area (Å²) in [5.41, 5.74) is 1.22. The molecule has 2 rings (SSSR count). The zero-order valence-electron chi connectivity index (χ0n) is 6.53. The SMILES string of the molecule is [c]1cc(Cc2ccccc2)on1. The molecule has 2 heteroatoms. The average Bonchev–Trinajstić information content (AvgIpc) is 2.59. The Balaban J connectivity index is 2.15. The number of rotatable bonds is 2. The second kappa shape index (κ2) is 3.22. The van der Waals surface area contributed by atoms with E-state index in [1.54, 1.807) is 6.07 Å². The molecule has 0 aliphatic heterocycles. The largest absolute Gasteiger partial charge is 0.360 e.